The summed E-state index contributed by atoms with van der Waals surface area (Å²) < 4.78 is 13.2. The summed E-state index contributed by atoms with van der Waals surface area (Å²) in [7, 11) is 0. The minimum absolute atomic E-state index is 0.0408. The fourth-order valence-corrected chi connectivity index (χ4v) is 2.96. The number of allylic oxidation sites excluding steroid dienone is 1. The molecule has 7 nitrogen and oxygen atoms in total. The second kappa shape index (κ2) is 5.96. The number of carbonyl (C=O) groups excluding carboxylic acids is 1. The molecule has 0 saturated carbocycles. The third-order valence-corrected chi connectivity index (χ3v) is 4.36. The maximum Gasteiger partial charge on any atom is 0.271 e. The second-order valence-corrected chi connectivity index (χ2v) is 5.88. The van der Waals surface area contributed by atoms with Gasteiger partial charge in [-0.15, -0.1) is 0 Å². The second-order valence-electron chi connectivity index (χ2n) is 5.03. The first-order valence-electron chi connectivity index (χ1n) is 6.84. The molecule has 8 heteroatoms. The van der Waals surface area contributed by atoms with E-state index in [2.05, 4.69) is 21.0 Å². The molecule has 1 aliphatic rings. The Balaban J connectivity index is 2.19. The Morgan fingerprint density at radius 1 is 1.43 bits per heavy atom. The first-order chi connectivity index (χ1) is 11.0. The molecule has 1 aliphatic heterocycles. The third kappa shape index (κ3) is 2.65. The van der Waals surface area contributed by atoms with Crippen LogP contribution in [-0.2, 0) is 9.47 Å². The number of amides is 1. The van der Waals surface area contributed by atoms with E-state index in [1.54, 1.807) is 11.6 Å². The van der Waals surface area contributed by atoms with Crippen LogP contribution in [0.3, 0.4) is 0 Å². The van der Waals surface area contributed by atoms with E-state index in [0.717, 1.165) is 10.0 Å². The average molecular weight is 379 g/mol. The number of nitrogen functional groups attached to an aromatic ring is 1. The lowest BCUT2D eigenvalue weighted by Crippen LogP contribution is -2.19. The fourth-order valence-electron chi connectivity index (χ4n) is 2.46. The van der Waals surface area contributed by atoms with Crippen molar-refractivity contribution in [2.75, 3.05) is 12.5 Å². The van der Waals surface area contributed by atoms with Gasteiger partial charge in [0.05, 0.1) is 11.4 Å². The van der Waals surface area contributed by atoms with Crippen molar-refractivity contribution >= 4 is 27.5 Å². The lowest BCUT2D eigenvalue weighted by Gasteiger charge is -2.20. The molecular formula is C15H15BrN4O3. The van der Waals surface area contributed by atoms with Gasteiger partial charge in [-0.2, -0.15) is 5.10 Å². The molecule has 0 aliphatic carbocycles. The lowest BCUT2D eigenvalue weighted by molar-refractivity contribution is 0.0727. The van der Waals surface area contributed by atoms with Crippen LogP contribution in [0.1, 0.15) is 27.8 Å². The van der Waals surface area contributed by atoms with E-state index in [1.165, 1.54) is 6.26 Å². The Morgan fingerprint density at radius 3 is 2.74 bits per heavy atom. The van der Waals surface area contributed by atoms with Crippen LogP contribution in [-0.4, -0.2) is 22.5 Å². The summed E-state index contributed by atoms with van der Waals surface area (Å²) in [6, 6.07) is 7.22. The minimum atomic E-state index is -0.673. The molecular weight excluding hydrogens is 364 g/mol. The molecule has 2 heterocycles. The number of nitrogens with zero attached hydrogens (tertiary/aromatic N) is 2. The number of halogens is 1. The standard InChI is InChI=1S/C15H15BrN4O3/c1-8-12(17)13(15(18)21)19-20(8)14(11-6-22-7-23-11)9-4-2-3-5-10(9)16/h2-6,14H,7,17H2,1H3,(H2,18,21). The summed E-state index contributed by atoms with van der Waals surface area (Å²) in [5.41, 5.74) is 13.1. The molecule has 0 bridgehead atoms. The topological polar surface area (TPSA) is 105 Å². The number of anilines is 1. The van der Waals surface area contributed by atoms with Gasteiger partial charge in [0.2, 0.25) is 6.79 Å². The Labute approximate surface area is 141 Å². The molecule has 1 aromatic heterocycles. The predicted molar refractivity (Wildman–Crippen MR) is 87.3 cm³/mol. The van der Waals surface area contributed by atoms with Gasteiger partial charge < -0.3 is 20.9 Å². The van der Waals surface area contributed by atoms with Crippen LogP contribution in [0.5, 0.6) is 0 Å². The van der Waals surface area contributed by atoms with Gasteiger partial charge in [0.1, 0.15) is 12.3 Å². The van der Waals surface area contributed by atoms with Crippen LogP contribution >= 0.6 is 15.9 Å². The molecule has 1 atom stereocenters. The van der Waals surface area contributed by atoms with Crippen molar-refractivity contribution in [1.29, 1.82) is 0 Å². The number of rotatable bonds is 4. The number of aromatic nitrogens is 2. The molecule has 4 N–H and O–H groups in total. The molecule has 1 aromatic carbocycles. The third-order valence-electron chi connectivity index (χ3n) is 3.64. The van der Waals surface area contributed by atoms with Crippen molar-refractivity contribution in [3.63, 3.8) is 0 Å². The zero-order chi connectivity index (χ0) is 16.6. The van der Waals surface area contributed by atoms with Crippen molar-refractivity contribution in [1.82, 2.24) is 9.78 Å². The van der Waals surface area contributed by atoms with Crippen molar-refractivity contribution < 1.29 is 14.3 Å². The van der Waals surface area contributed by atoms with Crippen LogP contribution in [0.2, 0.25) is 0 Å². The van der Waals surface area contributed by atoms with Crippen molar-refractivity contribution in [3.8, 4) is 0 Å². The number of hydrogen-bond acceptors (Lipinski definition) is 5. The number of nitrogens with two attached hydrogens (primary N) is 2. The Morgan fingerprint density at radius 2 is 2.17 bits per heavy atom. The fraction of sp³-hybridized carbons (Fsp3) is 0.200. The first kappa shape index (κ1) is 15.4. The van der Waals surface area contributed by atoms with Crippen LogP contribution in [0.25, 0.3) is 0 Å². The summed E-state index contributed by atoms with van der Waals surface area (Å²) in [5.74, 6) is -0.105. The Bertz CT molecular complexity index is 800. The molecule has 3 rings (SSSR count). The van der Waals surface area contributed by atoms with Gasteiger partial charge in [0, 0.05) is 4.47 Å². The van der Waals surface area contributed by atoms with Crippen molar-refractivity contribution in [2.45, 2.75) is 13.0 Å². The van der Waals surface area contributed by atoms with E-state index < -0.39 is 11.9 Å². The molecule has 2 aromatic rings. The smallest absolute Gasteiger partial charge is 0.271 e. The van der Waals surface area contributed by atoms with E-state index >= 15 is 0 Å². The van der Waals surface area contributed by atoms with Crippen LogP contribution in [0, 0.1) is 6.92 Å². The SMILES string of the molecule is Cc1c(N)c(C(N)=O)nn1C(C1=COCO1)c1ccccc1Br. The number of ether oxygens (including phenoxy) is 2. The van der Waals surface area contributed by atoms with Gasteiger partial charge in [0.25, 0.3) is 5.91 Å². The highest BCUT2D eigenvalue weighted by Crippen LogP contribution is 2.36. The average Bonchev–Trinajstić information content (AvgIpc) is 3.13. The molecule has 0 saturated heterocycles. The van der Waals surface area contributed by atoms with E-state index in [4.69, 9.17) is 20.9 Å². The molecule has 0 fully saturated rings. The van der Waals surface area contributed by atoms with Gasteiger partial charge in [-0.25, -0.2) is 0 Å². The van der Waals surface area contributed by atoms with Gasteiger partial charge in [-0.3, -0.25) is 9.48 Å². The first-order valence-corrected chi connectivity index (χ1v) is 7.63. The summed E-state index contributed by atoms with van der Waals surface area (Å²) in [5, 5.41) is 4.29. The van der Waals surface area contributed by atoms with E-state index in [0.29, 0.717) is 11.5 Å². The number of benzene rings is 1. The molecule has 120 valence electrons. The van der Waals surface area contributed by atoms with E-state index in [9.17, 15) is 4.79 Å². The molecule has 1 unspecified atom stereocenters. The zero-order valence-electron chi connectivity index (χ0n) is 12.3. The monoisotopic (exact) mass is 378 g/mol. The van der Waals surface area contributed by atoms with Gasteiger partial charge >= 0.3 is 0 Å². The molecule has 0 spiro atoms. The van der Waals surface area contributed by atoms with Crippen LogP contribution in [0.15, 0.2) is 40.8 Å². The largest absolute Gasteiger partial charge is 0.462 e. The van der Waals surface area contributed by atoms with Crippen LogP contribution in [0.4, 0.5) is 5.69 Å². The highest BCUT2D eigenvalue weighted by Gasteiger charge is 2.30. The molecule has 1 amide bonds. The van der Waals surface area contributed by atoms with Crippen molar-refractivity contribution in [2.24, 2.45) is 5.73 Å². The molecule has 23 heavy (non-hydrogen) atoms. The summed E-state index contributed by atoms with van der Waals surface area (Å²) in [4.78, 5) is 11.5. The Hall–Kier alpha value is -2.48. The zero-order valence-corrected chi connectivity index (χ0v) is 13.9. The number of carbonyl (C=O) groups is 1. The van der Waals surface area contributed by atoms with Gasteiger partial charge in [-0.05, 0) is 18.6 Å². The van der Waals surface area contributed by atoms with E-state index in [1.807, 2.05) is 24.3 Å². The van der Waals surface area contributed by atoms with Crippen molar-refractivity contribution in [3.05, 3.63) is 57.7 Å². The predicted octanol–water partition coefficient (Wildman–Crippen LogP) is 2.07. The summed E-state index contributed by atoms with van der Waals surface area (Å²) in [6.07, 6.45) is 1.53. The van der Waals surface area contributed by atoms with Gasteiger partial charge in [-0.1, -0.05) is 34.1 Å². The van der Waals surface area contributed by atoms with Crippen LogP contribution < -0.4 is 11.5 Å². The van der Waals surface area contributed by atoms with E-state index in [-0.39, 0.29) is 18.2 Å². The maximum absolute atomic E-state index is 11.5. The highest BCUT2D eigenvalue weighted by atomic mass is 79.9. The van der Waals surface area contributed by atoms with Gasteiger partial charge in [0.15, 0.2) is 11.5 Å². The summed E-state index contributed by atoms with van der Waals surface area (Å²) in [6.45, 7) is 1.91. The number of hydrogen-bond donors (Lipinski definition) is 2. The lowest BCUT2D eigenvalue weighted by atomic mass is 10.1. The summed E-state index contributed by atoms with van der Waals surface area (Å²) >= 11 is 3.53. The minimum Gasteiger partial charge on any atom is -0.462 e. The highest BCUT2D eigenvalue weighted by molar-refractivity contribution is 9.10. The quantitative estimate of drug-likeness (QED) is 0.846. The normalized spacial score (nSPS) is 14.8. The Kier molecular flexibility index (Phi) is 3.99. The maximum atomic E-state index is 11.5. The number of primary amides is 1. The molecule has 0 radical (unpaired) electrons.